The van der Waals surface area contributed by atoms with Crippen LogP contribution in [0.25, 0.3) is 0 Å². The summed E-state index contributed by atoms with van der Waals surface area (Å²) >= 11 is -1.29. The zero-order valence-corrected chi connectivity index (χ0v) is 12.5. The van der Waals surface area contributed by atoms with Crippen LogP contribution in [0, 0.1) is 36.0 Å². The Hall–Kier alpha value is -1.02. The Morgan fingerprint density at radius 1 is 1.20 bits per heavy atom. The molecule has 0 radical (unpaired) electrons. The Kier molecular flexibility index (Phi) is 4.02. The maximum absolute atomic E-state index is 12.4. The second-order valence-electron chi connectivity index (χ2n) is 6.06. The molecule has 0 bridgehead atoms. The Labute approximate surface area is 123 Å². The van der Waals surface area contributed by atoms with Crippen LogP contribution < -0.4 is 4.72 Å². The molecule has 3 nitrogen and oxygen atoms in total. The van der Waals surface area contributed by atoms with Crippen LogP contribution in [-0.2, 0) is 11.4 Å². The predicted octanol–water partition coefficient (Wildman–Crippen LogP) is 2.94. The molecule has 1 aromatic rings. The molecule has 2 saturated carbocycles. The van der Waals surface area contributed by atoms with Gasteiger partial charge in [0, 0.05) is 0 Å². The summed E-state index contributed by atoms with van der Waals surface area (Å²) in [5, 5.41) is 9.44. The molecule has 0 saturated heterocycles. The van der Waals surface area contributed by atoms with E-state index in [1.807, 2.05) is 31.2 Å². The number of benzene rings is 1. The number of aryl methyl sites for hydroxylation is 1. The van der Waals surface area contributed by atoms with Crippen LogP contribution in [0.2, 0.25) is 0 Å². The highest BCUT2D eigenvalue weighted by Crippen LogP contribution is 2.50. The van der Waals surface area contributed by atoms with E-state index in [2.05, 4.69) is 10.8 Å². The van der Waals surface area contributed by atoms with Crippen molar-refractivity contribution in [3.05, 3.63) is 29.8 Å². The minimum atomic E-state index is -1.29. The van der Waals surface area contributed by atoms with Crippen molar-refractivity contribution in [2.45, 2.75) is 43.5 Å². The number of nitriles is 1. The summed E-state index contributed by atoms with van der Waals surface area (Å²) in [4.78, 5) is 0.751. The average molecular weight is 288 g/mol. The van der Waals surface area contributed by atoms with E-state index in [9.17, 15) is 9.81 Å². The van der Waals surface area contributed by atoms with Crippen molar-refractivity contribution in [3.63, 3.8) is 0 Å². The molecule has 2 aliphatic carbocycles. The van der Waals surface area contributed by atoms with Crippen molar-refractivity contribution in [2.75, 3.05) is 0 Å². The first-order valence-corrected chi connectivity index (χ1v) is 8.48. The van der Waals surface area contributed by atoms with Gasteiger partial charge in [-0.3, -0.25) is 0 Å². The molecular formula is C16H20N2OS. The van der Waals surface area contributed by atoms with E-state index in [1.165, 1.54) is 25.7 Å². The Morgan fingerprint density at radius 3 is 2.20 bits per heavy atom. The third kappa shape index (κ3) is 3.17. The number of hydrogen-bond acceptors (Lipinski definition) is 3. The standard InChI is InChI=1S/C16H20N2OS/c1-11-2-8-14(9-3-11)20(19)18-15(10-17)16(12-4-5-12)13-6-7-13/h2-3,8-9,12-13,15-16,18H,4-7H2,1H3/t15-,20+/m1/s1. The van der Waals surface area contributed by atoms with Gasteiger partial charge < -0.3 is 4.55 Å². The molecule has 0 unspecified atom stereocenters. The van der Waals surface area contributed by atoms with Crippen LogP contribution in [0.1, 0.15) is 31.2 Å². The molecule has 2 fully saturated rings. The lowest BCUT2D eigenvalue weighted by Crippen LogP contribution is -2.41. The molecule has 0 amide bonds. The third-order valence-electron chi connectivity index (χ3n) is 4.33. The van der Waals surface area contributed by atoms with E-state index in [-0.39, 0.29) is 6.04 Å². The van der Waals surface area contributed by atoms with E-state index in [0.717, 1.165) is 10.5 Å². The largest absolute Gasteiger partial charge is 0.593 e. The molecule has 106 valence electrons. The van der Waals surface area contributed by atoms with Gasteiger partial charge in [0.2, 0.25) is 0 Å². The van der Waals surface area contributed by atoms with Crippen LogP contribution in [0.4, 0.5) is 0 Å². The van der Waals surface area contributed by atoms with Crippen molar-refractivity contribution in [2.24, 2.45) is 17.8 Å². The van der Waals surface area contributed by atoms with Gasteiger partial charge in [-0.1, -0.05) is 17.7 Å². The molecule has 4 heteroatoms. The fraction of sp³-hybridized carbons (Fsp3) is 0.562. The SMILES string of the molecule is Cc1ccc([S@+]([O-])N[C@H](C#N)C(C2CC2)C2CC2)cc1. The van der Waals surface area contributed by atoms with Crippen molar-refractivity contribution < 1.29 is 4.55 Å². The molecule has 2 aliphatic rings. The summed E-state index contributed by atoms with van der Waals surface area (Å²) in [6, 6.07) is 9.72. The molecule has 0 heterocycles. The zero-order valence-electron chi connectivity index (χ0n) is 11.7. The van der Waals surface area contributed by atoms with E-state index in [4.69, 9.17) is 0 Å². The second kappa shape index (κ2) is 5.77. The summed E-state index contributed by atoms with van der Waals surface area (Å²) in [5.41, 5.74) is 1.15. The van der Waals surface area contributed by atoms with Crippen molar-refractivity contribution in [1.29, 1.82) is 5.26 Å². The van der Waals surface area contributed by atoms with E-state index in [1.54, 1.807) is 0 Å². The molecular weight excluding hydrogens is 268 g/mol. The highest BCUT2D eigenvalue weighted by atomic mass is 32.2. The lowest BCUT2D eigenvalue weighted by atomic mass is 9.91. The van der Waals surface area contributed by atoms with Gasteiger partial charge in [-0.25, -0.2) is 0 Å². The maximum Gasteiger partial charge on any atom is 0.173 e. The molecule has 2 atom stereocenters. The van der Waals surface area contributed by atoms with Gasteiger partial charge in [-0.2, -0.15) is 5.26 Å². The quantitative estimate of drug-likeness (QED) is 0.819. The first kappa shape index (κ1) is 13.9. The van der Waals surface area contributed by atoms with Crippen molar-refractivity contribution in [3.8, 4) is 6.07 Å². The third-order valence-corrected chi connectivity index (χ3v) is 5.49. The van der Waals surface area contributed by atoms with Gasteiger partial charge in [0.1, 0.15) is 6.04 Å². The fourth-order valence-electron chi connectivity index (χ4n) is 2.93. The highest BCUT2D eigenvalue weighted by Gasteiger charge is 2.47. The van der Waals surface area contributed by atoms with Crippen LogP contribution >= 0.6 is 0 Å². The van der Waals surface area contributed by atoms with Gasteiger partial charge in [-0.15, -0.1) is 4.72 Å². The lowest BCUT2D eigenvalue weighted by Gasteiger charge is -2.23. The molecule has 1 aromatic carbocycles. The summed E-state index contributed by atoms with van der Waals surface area (Å²) in [5.74, 6) is 1.75. The highest BCUT2D eigenvalue weighted by molar-refractivity contribution is 7.89. The van der Waals surface area contributed by atoms with Crippen molar-refractivity contribution in [1.82, 2.24) is 4.72 Å². The first-order chi connectivity index (χ1) is 9.69. The van der Waals surface area contributed by atoms with Crippen LogP contribution in [0.15, 0.2) is 29.2 Å². The van der Waals surface area contributed by atoms with Crippen LogP contribution in [-0.4, -0.2) is 10.6 Å². The molecule has 1 N–H and O–H groups in total. The average Bonchev–Trinajstić information content (AvgIpc) is 3.33. The normalized spacial score (nSPS) is 21.5. The minimum Gasteiger partial charge on any atom is -0.593 e. The zero-order chi connectivity index (χ0) is 14.1. The van der Waals surface area contributed by atoms with Gasteiger partial charge in [0.25, 0.3) is 0 Å². The molecule has 0 aromatic heterocycles. The first-order valence-electron chi connectivity index (χ1n) is 7.33. The lowest BCUT2D eigenvalue weighted by molar-refractivity contribution is 0.355. The number of hydrogen-bond donors (Lipinski definition) is 1. The molecule has 3 rings (SSSR count). The molecule has 0 spiro atoms. The van der Waals surface area contributed by atoms with Crippen molar-refractivity contribution >= 4 is 11.4 Å². The smallest absolute Gasteiger partial charge is 0.173 e. The molecule has 20 heavy (non-hydrogen) atoms. The van der Waals surface area contributed by atoms with E-state index >= 15 is 0 Å². The predicted molar refractivity (Wildman–Crippen MR) is 79.1 cm³/mol. The Morgan fingerprint density at radius 2 is 1.75 bits per heavy atom. The fourth-order valence-corrected chi connectivity index (χ4v) is 3.89. The molecule has 0 aliphatic heterocycles. The number of nitrogens with zero attached hydrogens (tertiary/aromatic N) is 1. The topological polar surface area (TPSA) is 58.9 Å². The summed E-state index contributed by atoms with van der Waals surface area (Å²) < 4.78 is 15.4. The summed E-state index contributed by atoms with van der Waals surface area (Å²) in [7, 11) is 0. The summed E-state index contributed by atoms with van der Waals surface area (Å²) in [6.07, 6.45) is 4.94. The minimum absolute atomic E-state index is 0.280. The maximum atomic E-state index is 12.4. The van der Waals surface area contributed by atoms with Gasteiger partial charge >= 0.3 is 0 Å². The van der Waals surface area contributed by atoms with E-state index in [0.29, 0.717) is 17.8 Å². The monoisotopic (exact) mass is 288 g/mol. The second-order valence-corrected chi connectivity index (χ2v) is 7.30. The Bertz CT molecular complexity index is 490. The summed E-state index contributed by atoms with van der Waals surface area (Å²) in [6.45, 7) is 2.01. The number of rotatable bonds is 6. The van der Waals surface area contributed by atoms with Crippen LogP contribution in [0.5, 0.6) is 0 Å². The van der Waals surface area contributed by atoms with Gasteiger partial charge in [0.05, 0.1) is 17.4 Å². The van der Waals surface area contributed by atoms with Gasteiger partial charge in [-0.05, 0) is 62.5 Å². The Balaban J connectivity index is 1.67. The van der Waals surface area contributed by atoms with Gasteiger partial charge in [0.15, 0.2) is 4.90 Å². The van der Waals surface area contributed by atoms with E-state index < -0.39 is 11.4 Å². The van der Waals surface area contributed by atoms with Crippen LogP contribution in [0.3, 0.4) is 0 Å². The number of nitrogens with one attached hydrogen (secondary N) is 1.